The van der Waals surface area contributed by atoms with Gasteiger partial charge in [-0.05, 0) is 62.3 Å². The molecular weight excluding hydrogens is 568 g/mol. The van der Waals surface area contributed by atoms with Gasteiger partial charge in [-0.1, -0.05) is 35.9 Å². The highest BCUT2D eigenvalue weighted by Crippen LogP contribution is 2.38. The number of amides is 1. The highest BCUT2D eigenvalue weighted by Gasteiger charge is 2.24. The molecule has 1 amide bonds. The smallest absolute Gasteiger partial charge is 0.262 e. The summed E-state index contributed by atoms with van der Waals surface area (Å²) in [6.45, 7) is 2.38. The molecule has 11 heteroatoms. The van der Waals surface area contributed by atoms with Crippen molar-refractivity contribution in [1.29, 1.82) is 0 Å². The number of aromatic nitrogens is 2. The Morgan fingerprint density at radius 3 is 2.65 bits per heavy atom. The Hall–Kier alpha value is -2.92. The number of hydrogen-bond acceptors (Lipinski definition) is 7. The number of primary amides is 1. The lowest BCUT2D eigenvalue weighted by Crippen LogP contribution is -2.35. The molecule has 0 bridgehead atoms. The second kappa shape index (κ2) is 11.9. The van der Waals surface area contributed by atoms with E-state index in [4.69, 9.17) is 22.1 Å². The van der Waals surface area contributed by atoms with E-state index in [0.717, 1.165) is 47.3 Å². The van der Waals surface area contributed by atoms with E-state index >= 15 is 0 Å². The summed E-state index contributed by atoms with van der Waals surface area (Å²) in [6.07, 6.45) is 6.71. The van der Waals surface area contributed by atoms with Crippen LogP contribution >= 0.6 is 22.9 Å². The lowest BCUT2D eigenvalue weighted by molar-refractivity contribution is 0.0998. The summed E-state index contributed by atoms with van der Waals surface area (Å²) in [5.41, 5.74) is 9.62. The number of hydrogen-bond donors (Lipinski definition) is 2. The molecule has 0 saturated heterocycles. The van der Waals surface area contributed by atoms with Crippen LogP contribution in [0.1, 0.15) is 65.4 Å². The van der Waals surface area contributed by atoms with Crippen molar-refractivity contribution in [3.05, 3.63) is 75.9 Å². The summed E-state index contributed by atoms with van der Waals surface area (Å²) in [6, 6.07) is 16.0. The first-order valence-electron chi connectivity index (χ1n) is 13.3. The topological polar surface area (TPSA) is 116 Å². The van der Waals surface area contributed by atoms with E-state index in [-0.39, 0.29) is 11.9 Å². The third-order valence-electron chi connectivity index (χ3n) is 7.47. The molecule has 0 aliphatic heterocycles. The summed E-state index contributed by atoms with van der Waals surface area (Å²) in [5.74, 6) is 0.448. The van der Waals surface area contributed by atoms with E-state index in [0.29, 0.717) is 34.2 Å². The molecule has 0 radical (unpaired) electrons. The van der Waals surface area contributed by atoms with Gasteiger partial charge in [-0.3, -0.25) is 9.36 Å². The summed E-state index contributed by atoms with van der Waals surface area (Å²) < 4.78 is 31.0. The van der Waals surface area contributed by atoms with Crippen molar-refractivity contribution in [3.8, 4) is 10.8 Å². The predicted octanol–water partition coefficient (Wildman–Crippen LogP) is 5.64. The van der Waals surface area contributed by atoms with Crippen LogP contribution in [-0.4, -0.2) is 48.5 Å². The van der Waals surface area contributed by atoms with Gasteiger partial charge >= 0.3 is 0 Å². The van der Waals surface area contributed by atoms with Crippen molar-refractivity contribution in [3.63, 3.8) is 0 Å². The van der Waals surface area contributed by atoms with E-state index in [2.05, 4.69) is 22.4 Å². The highest BCUT2D eigenvalue weighted by molar-refractivity contribution is 7.90. The Morgan fingerprint density at radius 2 is 1.95 bits per heavy atom. The Kier molecular flexibility index (Phi) is 8.51. The zero-order valence-corrected chi connectivity index (χ0v) is 24.9. The number of nitrogens with two attached hydrogens (primary N) is 1. The molecule has 0 spiro atoms. The molecule has 1 fully saturated rings. The zero-order valence-electron chi connectivity index (χ0n) is 22.5. The van der Waals surface area contributed by atoms with Crippen molar-refractivity contribution in [2.75, 3.05) is 18.6 Å². The highest BCUT2D eigenvalue weighted by atomic mass is 35.5. The first-order valence-corrected chi connectivity index (χ1v) is 16.6. The van der Waals surface area contributed by atoms with Gasteiger partial charge in [0.05, 0.1) is 16.8 Å². The molecule has 4 aromatic rings. The second-order valence-corrected chi connectivity index (χ2v) is 14.1. The Morgan fingerprint density at radius 1 is 1.20 bits per heavy atom. The molecule has 2 aromatic heterocycles. The van der Waals surface area contributed by atoms with Crippen molar-refractivity contribution < 1.29 is 17.9 Å². The normalized spacial score (nSPS) is 18.6. The Labute approximate surface area is 243 Å². The predicted molar refractivity (Wildman–Crippen MR) is 161 cm³/mol. The van der Waals surface area contributed by atoms with Crippen LogP contribution in [0, 0.1) is 0 Å². The lowest BCUT2D eigenvalue weighted by atomic mass is 9.81. The number of nitrogens with zero attached hydrogens (tertiary/aromatic N) is 2. The van der Waals surface area contributed by atoms with Crippen LogP contribution in [0.4, 0.5) is 0 Å². The van der Waals surface area contributed by atoms with E-state index in [1.54, 1.807) is 6.33 Å². The fraction of sp³-hybridized carbons (Fsp3) is 0.379. The number of carbonyl (C=O) groups is 1. The van der Waals surface area contributed by atoms with Gasteiger partial charge in [0.25, 0.3) is 5.91 Å². The van der Waals surface area contributed by atoms with Crippen LogP contribution in [-0.2, 0) is 9.84 Å². The molecule has 8 nitrogen and oxygen atoms in total. The third-order valence-corrected chi connectivity index (χ3v) is 9.89. The van der Waals surface area contributed by atoms with Gasteiger partial charge in [-0.25, -0.2) is 13.4 Å². The average Bonchev–Trinajstić information content (AvgIpc) is 3.52. The van der Waals surface area contributed by atoms with Crippen LogP contribution < -0.4 is 15.8 Å². The van der Waals surface area contributed by atoms with Gasteiger partial charge < -0.3 is 15.8 Å². The number of halogens is 1. The Bertz CT molecular complexity index is 1620. The minimum absolute atomic E-state index is 0.166. The molecule has 0 unspecified atom stereocenters. The van der Waals surface area contributed by atoms with Crippen LogP contribution in [0.3, 0.4) is 0 Å². The van der Waals surface area contributed by atoms with E-state index in [9.17, 15) is 13.2 Å². The number of fused-ring (bicyclic) bond motifs is 1. The molecule has 2 aromatic carbocycles. The third kappa shape index (κ3) is 6.52. The number of imidazole rings is 1. The van der Waals surface area contributed by atoms with Crippen LogP contribution in [0.5, 0.6) is 5.75 Å². The minimum atomic E-state index is -2.96. The number of sulfone groups is 1. The van der Waals surface area contributed by atoms with Gasteiger partial charge in [0.15, 0.2) is 0 Å². The summed E-state index contributed by atoms with van der Waals surface area (Å²) in [4.78, 5) is 17.3. The number of carbonyl (C=O) groups excluding carboxylic acids is 1. The molecular formula is C29H33ClN4O4S2. The standard InChI is InChI=1S/C29H33ClN4O4S2/c1-18(22-5-3-4-6-23(22)30)38-26-16-27(39-28(26)29(31)35)34-17-33-24-12-9-20(15-25(24)34)19-7-10-21(11-8-19)32-13-14-40(2,36)37/h3-6,9,12,15-19,21,32H,7-8,10-11,13-14H2,1-2H3,(H2,31,35)/t18-,19?,21?/m1/s1. The van der Waals surface area contributed by atoms with Crippen molar-refractivity contribution in [1.82, 2.24) is 14.9 Å². The number of benzene rings is 2. The summed E-state index contributed by atoms with van der Waals surface area (Å²) in [5, 5.41) is 4.78. The maximum absolute atomic E-state index is 12.3. The quantitative estimate of drug-likeness (QED) is 0.243. The molecule has 1 atom stereocenters. The van der Waals surface area contributed by atoms with Crippen LogP contribution in [0.15, 0.2) is 54.9 Å². The van der Waals surface area contributed by atoms with Gasteiger partial charge in [0.2, 0.25) is 0 Å². The fourth-order valence-corrected chi connectivity index (χ4v) is 7.04. The maximum Gasteiger partial charge on any atom is 0.262 e. The van der Waals surface area contributed by atoms with E-state index in [1.165, 1.54) is 23.2 Å². The molecule has 1 aliphatic rings. The largest absolute Gasteiger partial charge is 0.484 e. The summed E-state index contributed by atoms with van der Waals surface area (Å²) >= 11 is 7.63. The van der Waals surface area contributed by atoms with Crippen LogP contribution in [0.2, 0.25) is 5.02 Å². The molecule has 40 heavy (non-hydrogen) atoms. The van der Waals surface area contributed by atoms with E-state index < -0.39 is 15.7 Å². The molecule has 1 aliphatic carbocycles. The Balaban J connectivity index is 1.34. The lowest BCUT2D eigenvalue weighted by Gasteiger charge is -2.29. The number of ether oxygens (including phenoxy) is 1. The number of rotatable bonds is 10. The fourth-order valence-electron chi connectivity index (χ4n) is 5.33. The van der Waals surface area contributed by atoms with Gasteiger partial charge in [-0.2, -0.15) is 0 Å². The molecule has 2 heterocycles. The van der Waals surface area contributed by atoms with Gasteiger partial charge in [0.1, 0.15) is 37.9 Å². The average molecular weight is 601 g/mol. The van der Waals surface area contributed by atoms with Crippen molar-refractivity contribution in [2.45, 2.75) is 50.7 Å². The first kappa shape index (κ1) is 28.6. The molecule has 212 valence electrons. The first-order chi connectivity index (χ1) is 19.1. The minimum Gasteiger partial charge on any atom is -0.484 e. The van der Waals surface area contributed by atoms with Crippen molar-refractivity contribution in [2.24, 2.45) is 5.73 Å². The zero-order chi connectivity index (χ0) is 28.4. The SMILES string of the molecule is C[C@@H](Oc1cc(-n2cnc3ccc(C4CCC(NCCS(C)(=O)=O)CC4)cc32)sc1C(N)=O)c1ccccc1Cl. The maximum atomic E-state index is 12.3. The monoisotopic (exact) mass is 600 g/mol. The van der Waals surface area contributed by atoms with Gasteiger partial charge in [0, 0.05) is 35.5 Å². The molecule has 1 saturated carbocycles. The second-order valence-electron chi connectivity index (χ2n) is 10.4. The van der Waals surface area contributed by atoms with Crippen molar-refractivity contribution >= 4 is 49.7 Å². The molecule has 5 rings (SSSR count). The van der Waals surface area contributed by atoms with E-state index in [1.807, 2.05) is 47.9 Å². The van der Waals surface area contributed by atoms with Gasteiger partial charge in [-0.15, -0.1) is 11.3 Å². The number of nitrogens with one attached hydrogen (secondary N) is 1. The number of thiophene rings is 1. The van der Waals surface area contributed by atoms with Crippen LogP contribution in [0.25, 0.3) is 16.0 Å². The summed E-state index contributed by atoms with van der Waals surface area (Å²) in [7, 11) is -2.96. The molecule has 3 N–H and O–H groups in total.